The normalized spacial score (nSPS) is 16.6. The minimum Gasteiger partial charge on any atom is -0.468 e. The van der Waals surface area contributed by atoms with Crippen molar-refractivity contribution < 1.29 is 9.53 Å². The maximum Gasteiger partial charge on any atom is 0.323 e. The number of rotatable bonds is 5. The molecule has 1 N–H and O–H groups in total. The van der Waals surface area contributed by atoms with Gasteiger partial charge in [0, 0.05) is 11.6 Å². The fourth-order valence-corrected chi connectivity index (χ4v) is 2.06. The Labute approximate surface area is 106 Å². The molecule has 1 aliphatic rings. The van der Waals surface area contributed by atoms with Crippen LogP contribution in [-0.4, -0.2) is 19.1 Å². The number of carbonyl (C=O) groups is 1. The SMILES string of the molecule is COC(=O)C(NCc1ccccc1Cl)C1CC1. The maximum atomic E-state index is 11.6. The third-order valence-electron chi connectivity index (χ3n) is 3.02. The summed E-state index contributed by atoms with van der Waals surface area (Å²) < 4.78 is 4.80. The molecule has 17 heavy (non-hydrogen) atoms. The number of ether oxygens (including phenoxy) is 1. The molecule has 1 unspecified atom stereocenters. The third kappa shape index (κ3) is 3.20. The zero-order valence-corrected chi connectivity index (χ0v) is 10.5. The van der Waals surface area contributed by atoms with E-state index in [2.05, 4.69) is 5.32 Å². The zero-order chi connectivity index (χ0) is 12.3. The first-order valence-corrected chi connectivity index (χ1v) is 6.15. The lowest BCUT2D eigenvalue weighted by molar-refractivity contribution is -0.143. The molecule has 4 heteroatoms. The van der Waals surface area contributed by atoms with Gasteiger partial charge in [-0.3, -0.25) is 4.79 Å². The van der Waals surface area contributed by atoms with Gasteiger partial charge in [0.15, 0.2) is 0 Å². The summed E-state index contributed by atoms with van der Waals surface area (Å²) in [5.41, 5.74) is 1.00. The highest BCUT2D eigenvalue weighted by atomic mass is 35.5. The van der Waals surface area contributed by atoms with Gasteiger partial charge in [0.2, 0.25) is 0 Å². The van der Waals surface area contributed by atoms with Crippen LogP contribution in [0.1, 0.15) is 18.4 Å². The maximum absolute atomic E-state index is 11.6. The summed E-state index contributed by atoms with van der Waals surface area (Å²) in [5, 5.41) is 3.95. The van der Waals surface area contributed by atoms with Gasteiger partial charge < -0.3 is 10.1 Å². The second-order valence-corrected chi connectivity index (χ2v) is 4.72. The summed E-state index contributed by atoms with van der Waals surface area (Å²) in [6.45, 7) is 0.593. The Morgan fingerprint density at radius 2 is 2.24 bits per heavy atom. The van der Waals surface area contributed by atoms with Crippen molar-refractivity contribution in [2.45, 2.75) is 25.4 Å². The molecule has 0 bridgehead atoms. The number of nitrogens with one attached hydrogen (secondary N) is 1. The van der Waals surface area contributed by atoms with Gasteiger partial charge in [0.1, 0.15) is 6.04 Å². The highest BCUT2D eigenvalue weighted by Gasteiger charge is 2.36. The van der Waals surface area contributed by atoms with Gasteiger partial charge in [-0.1, -0.05) is 29.8 Å². The van der Waals surface area contributed by atoms with Crippen molar-refractivity contribution in [1.82, 2.24) is 5.32 Å². The molecular weight excluding hydrogens is 238 g/mol. The van der Waals surface area contributed by atoms with Crippen LogP contribution < -0.4 is 5.32 Å². The van der Waals surface area contributed by atoms with Gasteiger partial charge >= 0.3 is 5.97 Å². The average molecular weight is 254 g/mol. The molecule has 1 fully saturated rings. The molecule has 0 heterocycles. The molecule has 0 radical (unpaired) electrons. The van der Waals surface area contributed by atoms with E-state index in [4.69, 9.17) is 16.3 Å². The van der Waals surface area contributed by atoms with E-state index in [-0.39, 0.29) is 12.0 Å². The predicted octanol–water partition coefficient (Wildman–Crippen LogP) is 2.38. The molecule has 1 aliphatic carbocycles. The standard InChI is InChI=1S/C13H16ClNO2/c1-17-13(16)12(9-6-7-9)15-8-10-4-2-3-5-11(10)14/h2-5,9,12,15H,6-8H2,1H3. The lowest BCUT2D eigenvalue weighted by atomic mass is 10.1. The largest absolute Gasteiger partial charge is 0.468 e. The van der Waals surface area contributed by atoms with Gasteiger partial charge in [-0.05, 0) is 30.4 Å². The number of hydrogen-bond acceptors (Lipinski definition) is 3. The molecule has 1 aromatic carbocycles. The Hall–Kier alpha value is -1.06. The summed E-state index contributed by atoms with van der Waals surface area (Å²) >= 11 is 6.06. The van der Waals surface area contributed by atoms with Gasteiger partial charge in [0.05, 0.1) is 7.11 Å². The number of hydrogen-bond donors (Lipinski definition) is 1. The van der Waals surface area contributed by atoms with Crippen molar-refractivity contribution in [1.29, 1.82) is 0 Å². The minimum absolute atomic E-state index is 0.181. The summed E-state index contributed by atoms with van der Waals surface area (Å²) in [6.07, 6.45) is 2.19. The van der Waals surface area contributed by atoms with E-state index < -0.39 is 0 Å². The van der Waals surface area contributed by atoms with Crippen molar-refractivity contribution in [3.8, 4) is 0 Å². The van der Waals surface area contributed by atoms with Gasteiger partial charge in [-0.2, -0.15) is 0 Å². The van der Waals surface area contributed by atoms with Crippen molar-refractivity contribution in [2.75, 3.05) is 7.11 Å². The van der Waals surface area contributed by atoms with Crippen LogP contribution in [0.15, 0.2) is 24.3 Å². The second-order valence-electron chi connectivity index (χ2n) is 4.31. The first-order valence-electron chi connectivity index (χ1n) is 5.77. The van der Waals surface area contributed by atoms with E-state index >= 15 is 0 Å². The first kappa shape index (κ1) is 12.4. The molecule has 2 rings (SSSR count). The van der Waals surface area contributed by atoms with Crippen LogP contribution in [0.2, 0.25) is 5.02 Å². The Kier molecular flexibility index (Phi) is 4.02. The molecular formula is C13H16ClNO2. The summed E-state index contributed by atoms with van der Waals surface area (Å²) in [4.78, 5) is 11.6. The Balaban J connectivity index is 1.95. The highest BCUT2D eigenvalue weighted by Crippen LogP contribution is 2.33. The monoisotopic (exact) mass is 253 g/mol. The van der Waals surface area contributed by atoms with Crippen LogP contribution in [0.4, 0.5) is 0 Å². The first-order chi connectivity index (χ1) is 8.22. The molecule has 92 valence electrons. The predicted molar refractivity (Wildman–Crippen MR) is 66.8 cm³/mol. The average Bonchev–Trinajstić information content (AvgIpc) is 3.15. The van der Waals surface area contributed by atoms with E-state index in [9.17, 15) is 4.79 Å². The van der Waals surface area contributed by atoms with Crippen molar-refractivity contribution in [2.24, 2.45) is 5.92 Å². The Bertz CT molecular complexity index is 404. The number of carbonyl (C=O) groups excluding carboxylic acids is 1. The quantitative estimate of drug-likeness (QED) is 0.819. The molecule has 0 spiro atoms. The van der Waals surface area contributed by atoms with E-state index in [1.165, 1.54) is 7.11 Å². The fraction of sp³-hybridized carbons (Fsp3) is 0.462. The molecule has 0 aliphatic heterocycles. The van der Waals surface area contributed by atoms with Gasteiger partial charge in [-0.25, -0.2) is 0 Å². The van der Waals surface area contributed by atoms with Crippen LogP contribution in [0.3, 0.4) is 0 Å². The lowest BCUT2D eigenvalue weighted by Gasteiger charge is -2.16. The summed E-state index contributed by atoms with van der Waals surface area (Å²) in [5.74, 6) is 0.240. The van der Waals surface area contributed by atoms with Gasteiger partial charge in [0.25, 0.3) is 0 Å². The number of methoxy groups -OCH3 is 1. The smallest absolute Gasteiger partial charge is 0.323 e. The van der Waals surface area contributed by atoms with E-state index in [0.717, 1.165) is 23.4 Å². The van der Waals surface area contributed by atoms with Crippen molar-refractivity contribution >= 4 is 17.6 Å². The van der Waals surface area contributed by atoms with Crippen LogP contribution in [-0.2, 0) is 16.1 Å². The fourth-order valence-electron chi connectivity index (χ4n) is 1.86. The van der Waals surface area contributed by atoms with E-state index in [1.54, 1.807) is 0 Å². The van der Waals surface area contributed by atoms with Crippen LogP contribution in [0.5, 0.6) is 0 Å². The van der Waals surface area contributed by atoms with Crippen molar-refractivity contribution in [3.05, 3.63) is 34.9 Å². The second kappa shape index (κ2) is 5.52. The molecule has 1 aromatic rings. The minimum atomic E-state index is -0.198. The molecule has 1 saturated carbocycles. The molecule has 0 aromatic heterocycles. The zero-order valence-electron chi connectivity index (χ0n) is 9.78. The summed E-state index contributed by atoms with van der Waals surface area (Å²) in [6, 6.07) is 7.44. The molecule has 0 amide bonds. The number of halogens is 1. The van der Waals surface area contributed by atoms with Gasteiger partial charge in [-0.15, -0.1) is 0 Å². The van der Waals surface area contributed by atoms with Crippen LogP contribution in [0, 0.1) is 5.92 Å². The molecule has 1 atom stereocenters. The van der Waals surface area contributed by atoms with E-state index in [0.29, 0.717) is 12.5 Å². The Morgan fingerprint density at radius 3 is 2.82 bits per heavy atom. The number of esters is 1. The van der Waals surface area contributed by atoms with Crippen LogP contribution >= 0.6 is 11.6 Å². The lowest BCUT2D eigenvalue weighted by Crippen LogP contribution is -2.39. The van der Waals surface area contributed by atoms with Crippen molar-refractivity contribution in [3.63, 3.8) is 0 Å². The third-order valence-corrected chi connectivity index (χ3v) is 3.39. The van der Waals surface area contributed by atoms with Crippen LogP contribution in [0.25, 0.3) is 0 Å². The Morgan fingerprint density at radius 1 is 1.53 bits per heavy atom. The number of benzene rings is 1. The highest BCUT2D eigenvalue weighted by molar-refractivity contribution is 6.31. The topological polar surface area (TPSA) is 38.3 Å². The molecule has 3 nitrogen and oxygen atoms in total. The van der Waals surface area contributed by atoms with E-state index in [1.807, 2.05) is 24.3 Å². The molecule has 0 saturated heterocycles. The summed E-state index contributed by atoms with van der Waals surface area (Å²) in [7, 11) is 1.43.